The summed E-state index contributed by atoms with van der Waals surface area (Å²) in [4.78, 5) is 161. The molecule has 0 radical (unpaired) electrons. The van der Waals surface area contributed by atoms with Crippen LogP contribution in [-0.2, 0) is 59.2 Å². The fourth-order valence-corrected chi connectivity index (χ4v) is 11.5. The van der Waals surface area contributed by atoms with E-state index in [-0.39, 0.29) is 94.2 Å². The SMILES string of the molecule is CCCCCCCC(=O)N1CCC[C@H](C(=O)N[C@@H](Cc2ccc(Br)cc2)C(=O)N[C@H](CC(C)C)C(=O)N[C@@H](CC(C)C)C(=O)N2C[C@H](O)C[C@H]2C(=O)N(C)[C@@H](CC(C)C)C(=O)N[C@@H](CC(=O)O)C(=O)N[C@@H](CCCN=C(N)N)C(=O)N[C@H](C(N)=O)[C@@H](C)CC)C1. The van der Waals surface area contributed by atoms with Gasteiger partial charge in [0.15, 0.2) is 5.96 Å². The van der Waals surface area contributed by atoms with Gasteiger partial charge in [-0.15, -0.1) is 0 Å². The van der Waals surface area contributed by atoms with Crippen molar-refractivity contribution in [1.82, 2.24) is 46.6 Å². The minimum Gasteiger partial charge on any atom is -0.481 e. The van der Waals surface area contributed by atoms with Crippen LogP contribution in [0.2, 0.25) is 0 Å². The van der Waals surface area contributed by atoms with Gasteiger partial charge in [-0.1, -0.05) is 122 Å². The summed E-state index contributed by atoms with van der Waals surface area (Å²) in [6.45, 7) is 17.0. The first-order valence-corrected chi connectivity index (χ1v) is 32.8. The highest BCUT2D eigenvalue weighted by Gasteiger charge is 2.46. The van der Waals surface area contributed by atoms with E-state index in [1.807, 2.05) is 52.0 Å². The molecule has 506 valence electrons. The normalized spacial score (nSPS) is 18.4. The number of guanidine groups is 1. The Morgan fingerprint density at radius 2 is 1.26 bits per heavy atom. The number of rotatable bonds is 38. The van der Waals surface area contributed by atoms with Crippen LogP contribution in [0.25, 0.3) is 0 Å². The molecule has 1 aromatic rings. The van der Waals surface area contributed by atoms with E-state index >= 15 is 0 Å². The van der Waals surface area contributed by atoms with Crippen LogP contribution in [0.3, 0.4) is 0 Å². The van der Waals surface area contributed by atoms with Crippen molar-refractivity contribution in [3.8, 4) is 0 Å². The number of β-amino-alcohol motifs (C(OH)–C–C–N with tert-alkyl or cyclic N) is 1. The van der Waals surface area contributed by atoms with Gasteiger partial charge in [0, 0.05) is 57.0 Å². The van der Waals surface area contributed by atoms with Crippen LogP contribution in [0.15, 0.2) is 33.7 Å². The number of benzene rings is 1. The Morgan fingerprint density at radius 1 is 0.689 bits per heavy atom. The number of nitrogens with zero attached hydrogens (tertiary/aromatic N) is 4. The van der Waals surface area contributed by atoms with Crippen LogP contribution >= 0.6 is 15.9 Å². The molecule has 0 bridgehead atoms. The van der Waals surface area contributed by atoms with Crippen molar-refractivity contribution in [3.05, 3.63) is 34.3 Å². The topological polar surface area (TPSA) is 401 Å². The average Bonchev–Trinajstić information content (AvgIpc) is 1.67. The maximum absolute atomic E-state index is 14.9. The molecule has 2 heterocycles. The number of aliphatic hydroxyl groups excluding tert-OH is 1. The third-order valence-electron chi connectivity index (χ3n) is 16.4. The van der Waals surface area contributed by atoms with Gasteiger partial charge in [-0.2, -0.15) is 0 Å². The first kappa shape index (κ1) is 77.3. The van der Waals surface area contributed by atoms with Crippen molar-refractivity contribution in [2.24, 2.45) is 51.8 Å². The number of nitrogens with one attached hydrogen (secondary N) is 6. The number of carbonyl (C=O) groups excluding carboxylic acids is 10. The summed E-state index contributed by atoms with van der Waals surface area (Å²) < 4.78 is 0.800. The van der Waals surface area contributed by atoms with Gasteiger partial charge in [0.25, 0.3) is 0 Å². The van der Waals surface area contributed by atoms with Crippen LogP contribution in [0.1, 0.15) is 171 Å². The van der Waals surface area contributed by atoms with Crippen molar-refractivity contribution in [2.45, 2.75) is 226 Å². The second-order valence-corrected chi connectivity index (χ2v) is 26.5. The number of likely N-dealkylation sites (N-methyl/N-ethyl adjacent to an activating group) is 1. The number of likely N-dealkylation sites (tertiary alicyclic amines) is 2. The smallest absolute Gasteiger partial charge is 0.305 e. The lowest BCUT2D eigenvalue weighted by molar-refractivity contribution is -0.149. The molecule has 27 heteroatoms. The summed E-state index contributed by atoms with van der Waals surface area (Å²) >= 11 is 3.45. The highest BCUT2D eigenvalue weighted by Crippen LogP contribution is 2.26. The van der Waals surface area contributed by atoms with Gasteiger partial charge in [0.2, 0.25) is 59.1 Å². The number of aliphatic hydroxyl groups is 1. The summed E-state index contributed by atoms with van der Waals surface area (Å²) in [5, 5.41) is 37.4. The molecule has 0 spiro atoms. The molecular weight excluding hydrogens is 1230 g/mol. The van der Waals surface area contributed by atoms with E-state index in [1.165, 1.54) is 7.05 Å². The minimum atomic E-state index is -1.81. The molecule has 0 saturated carbocycles. The number of hydrogen-bond donors (Lipinski definition) is 11. The van der Waals surface area contributed by atoms with Crippen molar-refractivity contribution < 1.29 is 63.0 Å². The van der Waals surface area contributed by atoms with Gasteiger partial charge in [-0.05, 0) is 92.7 Å². The number of unbranched alkanes of at least 4 members (excludes halogenated alkanes) is 4. The van der Waals surface area contributed by atoms with Crippen LogP contribution < -0.4 is 49.1 Å². The van der Waals surface area contributed by atoms with Crippen LogP contribution in [0.5, 0.6) is 0 Å². The van der Waals surface area contributed by atoms with Gasteiger partial charge >= 0.3 is 5.97 Å². The average molecular weight is 1330 g/mol. The number of primary amides is 1. The van der Waals surface area contributed by atoms with E-state index in [4.69, 9.17) is 17.2 Å². The Bertz CT molecular complexity index is 2600. The third kappa shape index (κ3) is 26.1. The van der Waals surface area contributed by atoms with E-state index in [9.17, 15) is 63.0 Å². The molecule has 14 N–H and O–H groups in total. The molecule has 2 saturated heterocycles. The van der Waals surface area contributed by atoms with Gasteiger partial charge in [-0.3, -0.25) is 57.7 Å². The zero-order chi connectivity index (χ0) is 67.5. The predicted molar refractivity (Wildman–Crippen MR) is 344 cm³/mol. The summed E-state index contributed by atoms with van der Waals surface area (Å²) in [6.07, 6.45) is 4.78. The fourth-order valence-electron chi connectivity index (χ4n) is 11.2. The molecule has 2 fully saturated rings. The van der Waals surface area contributed by atoms with Gasteiger partial charge in [0.1, 0.15) is 48.3 Å². The van der Waals surface area contributed by atoms with Gasteiger partial charge < -0.3 is 74.0 Å². The zero-order valence-corrected chi connectivity index (χ0v) is 56.1. The zero-order valence-electron chi connectivity index (χ0n) is 54.5. The summed E-state index contributed by atoms with van der Waals surface area (Å²) in [7, 11) is 1.30. The van der Waals surface area contributed by atoms with Gasteiger partial charge in [0.05, 0.1) is 18.4 Å². The highest BCUT2D eigenvalue weighted by atomic mass is 79.9. The van der Waals surface area contributed by atoms with Gasteiger partial charge in [-0.25, -0.2) is 0 Å². The Balaban J connectivity index is 1.91. The van der Waals surface area contributed by atoms with Crippen molar-refractivity contribution in [1.29, 1.82) is 0 Å². The Kier molecular flexibility index (Phi) is 33.3. The summed E-state index contributed by atoms with van der Waals surface area (Å²) in [5.74, 6) is -10.3. The second kappa shape index (κ2) is 38.7. The number of nitrogens with two attached hydrogens (primary N) is 3. The third-order valence-corrected chi connectivity index (χ3v) is 16.9. The summed E-state index contributed by atoms with van der Waals surface area (Å²) in [5.41, 5.74) is 17.3. The Hall–Kier alpha value is -6.90. The molecule has 90 heavy (non-hydrogen) atoms. The van der Waals surface area contributed by atoms with E-state index in [0.717, 1.165) is 51.9 Å². The molecule has 1 aromatic carbocycles. The number of hydrogen-bond acceptors (Lipinski definition) is 13. The molecule has 10 amide bonds. The number of amides is 10. The monoisotopic (exact) mass is 1330 g/mol. The van der Waals surface area contributed by atoms with Crippen molar-refractivity contribution in [2.75, 3.05) is 33.2 Å². The molecule has 0 aliphatic carbocycles. The first-order chi connectivity index (χ1) is 42.4. The predicted octanol–water partition coefficient (Wildman–Crippen LogP) is 2.49. The fraction of sp³-hybridized carbons (Fsp3) is 0.714. The molecule has 2 aliphatic heterocycles. The largest absolute Gasteiger partial charge is 0.481 e. The minimum absolute atomic E-state index is 0.00324. The maximum Gasteiger partial charge on any atom is 0.305 e. The quantitative estimate of drug-likeness (QED) is 0.0257. The molecule has 11 atom stereocenters. The Morgan fingerprint density at radius 3 is 1.84 bits per heavy atom. The molecule has 2 aliphatic rings. The summed E-state index contributed by atoms with van der Waals surface area (Å²) in [6, 6.07) is -3.52. The van der Waals surface area contributed by atoms with E-state index in [1.54, 1.807) is 32.6 Å². The van der Waals surface area contributed by atoms with Crippen molar-refractivity contribution in [3.63, 3.8) is 0 Å². The van der Waals surface area contributed by atoms with Crippen LogP contribution in [0, 0.1) is 29.6 Å². The lowest BCUT2D eigenvalue weighted by Crippen LogP contribution is -2.61. The highest BCUT2D eigenvalue weighted by molar-refractivity contribution is 9.10. The van der Waals surface area contributed by atoms with E-state index in [2.05, 4.69) is 59.7 Å². The number of carboxylic acid groups (broad SMARTS) is 1. The van der Waals surface area contributed by atoms with E-state index in [0.29, 0.717) is 32.2 Å². The number of halogens is 1. The molecule has 0 unspecified atom stereocenters. The van der Waals surface area contributed by atoms with E-state index < -0.39 is 132 Å². The van der Waals surface area contributed by atoms with Crippen LogP contribution in [-0.4, -0.2) is 184 Å². The first-order valence-electron chi connectivity index (χ1n) is 32.0. The maximum atomic E-state index is 14.9. The molecule has 26 nitrogen and oxygen atoms in total. The lowest BCUT2D eigenvalue weighted by Gasteiger charge is -2.35. The van der Waals surface area contributed by atoms with Crippen LogP contribution in [0.4, 0.5) is 0 Å². The number of carboxylic acids is 1. The molecular formula is C63H104BrN13O13. The number of piperidine rings is 1. The number of carbonyl (C=O) groups is 11. The molecule has 3 rings (SSSR count). The number of aliphatic carboxylic acids is 1. The molecule has 0 aromatic heterocycles. The number of aliphatic imine (C=N–C) groups is 1. The van der Waals surface area contributed by atoms with Crippen molar-refractivity contribution >= 4 is 86.9 Å². The Labute approximate surface area is 539 Å². The standard InChI is InChI=1S/C63H104BrN13O13/c1-11-13-14-15-16-21-51(79)76-27-18-19-41(34-76)55(83)70-46(31-40-22-24-42(64)25-23-40)58(86)71-45(28-36(3)4)57(85)73-48(29-37(5)6)61(89)77-35-43(78)32-50(77)62(90)75(10)49(30-38(7)8)60(88)72-47(33-52(80)81)59(87)69-44(20-17-26-68-63(66)67)56(84)74-53(54(65)82)39(9)12-2/h22-25,36-39,41,43-50,53,78H,11-21,26-35H2,1-10H3,(H2,65,82)(H,69,87)(H,70,83)(H,71,86)(H,72,88)(H,73,85)(H,74,84)(H,80,81)(H4,66,67,68)/t39-,41-,43+,44-,45+,46-,47-,48-,49-,50-,53-/m0/s1. The second-order valence-electron chi connectivity index (χ2n) is 25.5. The lowest BCUT2D eigenvalue weighted by atomic mass is 9.95.